The summed E-state index contributed by atoms with van der Waals surface area (Å²) in [4.78, 5) is 8.11. The Kier molecular flexibility index (Phi) is 3.12. The Balaban J connectivity index is 2.11. The minimum atomic E-state index is -0.634. The van der Waals surface area contributed by atoms with Crippen LogP contribution >= 0.6 is 11.6 Å². The van der Waals surface area contributed by atoms with Gasteiger partial charge in [0, 0.05) is 5.69 Å². The summed E-state index contributed by atoms with van der Waals surface area (Å²) in [5, 5.41) is 0.590. The van der Waals surface area contributed by atoms with Gasteiger partial charge in [-0.1, -0.05) is 17.7 Å². The predicted molar refractivity (Wildman–Crippen MR) is 75.4 cm³/mol. The molecule has 6 heteroatoms. The van der Waals surface area contributed by atoms with Gasteiger partial charge in [-0.25, -0.2) is 14.4 Å². The third-order valence-electron chi connectivity index (χ3n) is 2.75. The van der Waals surface area contributed by atoms with E-state index in [1.165, 1.54) is 18.5 Å². The van der Waals surface area contributed by atoms with Gasteiger partial charge in [-0.05, 0) is 30.3 Å². The second-order valence-electron chi connectivity index (χ2n) is 4.11. The summed E-state index contributed by atoms with van der Waals surface area (Å²) in [5.41, 5.74) is 6.94. The number of benzene rings is 2. The van der Waals surface area contributed by atoms with Gasteiger partial charge in [0.1, 0.15) is 6.33 Å². The molecular formula is C14H9ClFN3O. The normalized spacial score (nSPS) is 10.7. The van der Waals surface area contributed by atoms with Crippen LogP contribution in [0.2, 0.25) is 5.02 Å². The van der Waals surface area contributed by atoms with Crippen LogP contribution in [-0.4, -0.2) is 9.97 Å². The maximum Gasteiger partial charge on any atom is 0.230 e. The summed E-state index contributed by atoms with van der Waals surface area (Å²) in [7, 11) is 0. The molecular weight excluding hydrogens is 281 g/mol. The number of rotatable bonds is 2. The van der Waals surface area contributed by atoms with Crippen LogP contribution in [-0.2, 0) is 0 Å². The molecule has 2 aromatic carbocycles. The van der Waals surface area contributed by atoms with Crippen LogP contribution in [0.25, 0.3) is 10.9 Å². The maximum atomic E-state index is 13.8. The van der Waals surface area contributed by atoms with Crippen LogP contribution in [0.1, 0.15) is 0 Å². The van der Waals surface area contributed by atoms with Crippen molar-refractivity contribution in [3.63, 3.8) is 0 Å². The number of anilines is 1. The molecule has 0 spiro atoms. The standard InChI is InChI=1S/C14H9ClFN3O/c15-10-2-1-3-12(13(10)16)20-14-9-6-8(17)4-5-11(9)18-7-19-14/h1-7H,17H2. The van der Waals surface area contributed by atoms with Crippen LogP contribution < -0.4 is 10.5 Å². The fraction of sp³-hybridized carbons (Fsp3) is 0. The first-order valence-electron chi connectivity index (χ1n) is 5.77. The van der Waals surface area contributed by atoms with Gasteiger partial charge in [-0.3, -0.25) is 0 Å². The van der Waals surface area contributed by atoms with E-state index in [4.69, 9.17) is 22.1 Å². The molecule has 4 nitrogen and oxygen atoms in total. The molecule has 0 radical (unpaired) electrons. The van der Waals surface area contributed by atoms with Crippen molar-refractivity contribution < 1.29 is 9.13 Å². The highest BCUT2D eigenvalue weighted by Crippen LogP contribution is 2.31. The van der Waals surface area contributed by atoms with E-state index in [1.54, 1.807) is 24.3 Å². The van der Waals surface area contributed by atoms with Crippen LogP contribution in [0, 0.1) is 5.82 Å². The molecule has 0 bridgehead atoms. The van der Waals surface area contributed by atoms with Crippen molar-refractivity contribution >= 4 is 28.2 Å². The number of hydrogen-bond donors (Lipinski definition) is 1. The van der Waals surface area contributed by atoms with E-state index in [-0.39, 0.29) is 16.7 Å². The minimum absolute atomic E-state index is 0.0000699. The molecule has 0 saturated carbocycles. The highest BCUT2D eigenvalue weighted by atomic mass is 35.5. The molecule has 3 rings (SSSR count). The van der Waals surface area contributed by atoms with Crippen molar-refractivity contribution in [2.75, 3.05) is 5.73 Å². The molecule has 0 aliphatic heterocycles. The lowest BCUT2D eigenvalue weighted by molar-refractivity contribution is 0.432. The van der Waals surface area contributed by atoms with E-state index in [0.29, 0.717) is 16.6 Å². The third-order valence-corrected chi connectivity index (χ3v) is 3.04. The molecule has 2 N–H and O–H groups in total. The molecule has 1 aromatic heterocycles. The fourth-order valence-corrected chi connectivity index (χ4v) is 1.96. The van der Waals surface area contributed by atoms with E-state index in [2.05, 4.69) is 9.97 Å². The average Bonchev–Trinajstić information content (AvgIpc) is 2.44. The first-order chi connectivity index (χ1) is 9.65. The summed E-state index contributed by atoms with van der Waals surface area (Å²) in [6, 6.07) is 9.65. The van der Waals surface area contributed by atoms with Gasteiger partial charge in [0.2, 0.25) is 5.88 Å². The average molecular weight is 290 g/mol. The van der Waals surface area contributed by atoms with Crippen LogP contribution in [0.15, 0.2) is 42.7 Å². The number of nitrogen functional groups attached to an aromatic ring is 1. The van der Waals surface area contributed by atoms with E-state index in [1.807, 2.05) is 0 Å². The smallest absolute Gasteiger partial charge is 0.230 e. The summed E-state index contributed by atoms with van der Waals surface area (Å²) in [6.45, 7) is 0. The maximum absolute atomic E-state index is 13.8. The molecule has 100 valence electrons. The number of aromatic nitrogens is 2. The lowest BCUT2D eigenvalue weighted by Crippen LogP contribution is -1.95. The summed E-state index contributed by atoms with van der Waals surface area (Å²) >= 11 is 5.72. The van der Waals surface area contributed by atoms with Gasteiger partial charge in [0.15, 0.2) is 11.6 Å². The zero-order valence-corrected chi connectivity index (χ0v) is 10.9. The Morgan fingerprint density at radius 2 is 2.00 bits per heavy atom. The first kappa shape index (κ1) is 12.6. The van der Waals surface area contributed by atoms with E-state index in [9.17, 15) is 4.39 Å². The largest absolute Gasteiger partial charge is 0.435 e. The SMILES string of the molecule is Nc1ccc2ncnc(Oc3cccc(Cl)c3F)c2c1. The van der Waals surface area contributed by atoms with Gasteiger partial charge in [-0.2, -0.15) is 0 Å². The Labute approximate surface area is 119 Å². The molecule has 0 atom stereocenters. The summed E-state index contributed by atoms with van der Waals surface area (Å²) < 4.78 is 19.3. The number of hydrogen-bond acceptors (Lipinski definition) is 4. The second-order valence-corrected chi connectivity index (χ2v) is 4.52. The lowest BCUT2D eigenvalue weighted by atomic mass is 10.2. The first-order valence-corrected chi connectivity index (χ1v) is 6.15. The van der Waals surface area contributed by atoms with Crippen LogP contribution in [0.5, 0.6) is 11.6 Å². The highest BCUT2D eigenvalue weighted by Gasteiger charge is 2.12. The zero-order valence-electron chi connectivity index (χ0n) is 10.2. The fourth-order valence-electron chi connectivity index (χ4n) is 1.80. The molecule has 20 heavy (non-hydrogen) atoms. The predicted octanol–water partition coefficient (Wildman–Crippen LogP) is 3.80. The van der Waals surface area contributed by atoms with Crippen LogP contribution in [0.4, 0.5) is 10.1 Å². The topological polar surface area (TPSA) is 61.0 Å². The van der Waals surface area contributed by atoms with E-state index < -0.39 is 5.82 Å². The van der Waals surface area contributed by atoms with Gasteiger partial charge >= 0.3 is 0 Å². The summed E-state index contributed by atoms with van der Waals surface area (Å²) in [5.74, 6) is -0.409. The van der Waals surface area contributed by atoms with Crippen LogP contribution in [0.3, 0.4) is 0 Å². The number of nitrogens with two attached hydrogens (primary N) is 1. The molecule has 0 amide bonds. The number of nitrogens with zero attached hydrogens (tertiary/aromatic N) is 2. The molecule has 0 fully saturated rings. The number of ether oxygens (including phenoxy) is 1. The Morgan fingerprint density at radius 1 is 1.15 bits per heavy atom. The van der Waals surface area contributed by atoms with E-state index in [0.717, 1.165) is 0 Å². The molecule has 0 saturated heterocycles. The van der Waals surface area contributed by atoms with Gasteiger partial charge in [-0.15, -0.1) is 0 Å². The number of halogens is 2. The van der Waals surface area contributed by atoms with Gasteiger partial charge < -0.3 is 10.5 Å². The van der Waals surface area contributed by atoms with Crippen molar-refractivity contribution in [3.05, 3.63) is 53.6 Å². The minimum Gasteiger partial charge on any atom is -0.435 e. The Bertz CT molecular complexity index is 794. The Hall–Kier alpha value is -2.40. The number of fused-ring (bicyclic) bond motifs is 1. The molecule has 0 unspecified atom stereocenters. The van der Waals surface area contributed by atoms with Gasteiger partial charge in [0.25, 0.3) is 0 Å². The zero-order chi connectivity index (χ0) is 14.1. The van der Waals surface area contributed by atoms with E-state index >= 15 is 0 Å². The second kappa shape index (κ2) is 4.94. The molecule has 1 heterocycles. The van der Waals surface area contributed by atoms with Crippen molar-refractivity contribution in [3.8, 4) is 11.6 Å². The lowest BCUT2D eigenvalue weighted by Gasteiger charge is -2.09. The van der Waals surface area contributed by atoms with Crippen molar-refractivity contribution in [2.24, 2.45) is 0 Å². The van der Waals surface area contributed by atoms with Crippen molar-refractivity contribution in [1.29, 1.82) is 0 Å². The van der Waals surface area contributed by atoms with Crippen molar-refractivity contribution in [2.45, 2.75) is 0 Å². The monoisotopic (exact) mass is 289 g/mol. The third kappa shape index (κ3) is 2.23. The summed E-state index contributed by atoms with van der Waals surface area (Å²) in [6.07, 6.45) is 1.34. The Morgan fingerprint density at radius 3 is 2.85 bits per heavy atom. The molecule has 0 aliphatic carbocycles. The molecule has 3 aromatic rings. The quantitative estimate of drug-likeness (QED) is 0.729. The van der Waals surface area contributed by atoms with Crippen molar-refractivity contribution in [1.82, 2.24) is 9.97 Å². The highest BCUT2D eigenvalue weighted by molar-refractivity contribution is 6.30. The molecule has 0 aliphatic rings. The van der Waals surface area contributed by atoms with Gasteiger partial charge in [0.05, 0.1) is 15.9 Å².